The third-order valence-electron chi connectivity index (χ3n) is 4.91. The van der Waals surface area contributed by atoms with Gasteiger partial charge in [0.15, 0.2) is 0 Å². The van der Waals surface area contributed by atoms with Crippen LogP contribution < -0.4 is 15.5 Å². The Morgan fingerprint density at radius 2 is 1.61 bits per heavy atom. The molecular formula is C23H29N3O2. The molecule has 2 aromatic rings. The van der Waals surface area contributed by atoms with E-state index in [1.807, 2.05) is 55.4 Å². The van der Waals surface area contributed by atoms with Crippen LogP contribution in [0.4, 0.5) is 11.4 Å². The summed E-state index contributed by atoms with van der Waals surface area (Å²) in [5.41, 5.74) is 3.81. The lowest BCUT2D eigenvalue weighted by molar-refractivity contribution is 0.0950. The Morgan fingerprint density at radius 3 is 2.14 bits per heavy atom. The number of amides is 2. The lowest BCUT2D eigenvalue weighted by Crippen LogP contribution is -2.27. The van der Waals surface area contributed by atoms with Gasteiger partial charge in [-0.2, -0.15) is 0 Å². The highest BCUT2D eigenvalue weighted by Gasteiger charge is 2.25. The number of hydrogen-bond donors (Lipinski definition) is 2. The monoisotopic (exact) mass is 379 g/mol. The Balaban J connectivity index is 1.79. The predicted octanol–water partition coefficient (Wildman–Crippen LogP) is 4.19. The predicted molar refractivity (Wildman–Crippen MR) is 114 cm³/mol. The number of anilines is 2. The summed E-state index contributed by atoms with van der Waals surface area (Å²) >= 11 is 0. The number of hydrogen-bond acceptors (Lipinski definition) is 3. The summed E-state index contributed by atoms with van der Waals surface area (Å²) in [6.07, 6.45) is 2.06. The van der Waals surface area contributed by atoms with Gasteiger partial charge in [0.25, 0.3) is 11.8 Å². The standard InChI is InChI=1S/C23H29N3O2/c1-23(2,3)16-8-6-15(7-9-16)21(27)25-18-12-13-20(26(4)5)19(14-18)22(28)24-17-10-11-17/h6-9,12-14,17H,10-11H2,1-5H3,(H,24,28)(H,25,27). The van der Waals surface area contributed by atoms with Crippen molar-refractivity contribution in [3.05, 3.63) is 59.2 Å². The summed E-state index contributed by atoms with van der Waals surface area (Å²) in [6.45, 7) is 6.42. The molecule has 5 heteroatoms. The van der Waals surface area contributed by atoms with E-state index in [0.29, 0.717) is 16.8 Å². The van der Waals surface area contributed by atoms with E-state index in [2.05, 4.69) is 31.4 Å². The van der Waals surface area contributed by atoms with Crippen molar-refractivity contribution in [2.24, 2.45) is 0 Å². The van der Waals surface area contributed by atoms with Crippen molar-refractivity contribution >= 4 is 23.2 Å². The third kappa shape index (κ3) is 4.71. The Kier molecular flexibility index (Phi) is 5.45. The zero-order chi connectivity index (χ0) is 20.5. The van der Waals surface area contributed by atoms with Gasteiger partial charge >= 0.3 is 0 Å². The van der Waals surface area contributed by atoms with Gasteiger partial charge in [0.2, 0.25) is 0 Å². The van der Waals surface area contributed by atoms with Crippen LogP contribution in [0.1, 0.15) is 59.9 Å². The largest absolute Gasteiger partial charge is 0.377 e. The second kappa shape index (κ2) is 7.66. The molecule has 0 aromatic heterocycles. The molecule has 0 radical (unpaired) electrons. The smallest absolute Gasteiger partial charge is 0.255 e. The molecule has 0 heterocycles. The van der Waals surface area contributed by atoms with Gasteiger partial charge in [-0.25, -0.2) is 0 Å². The summed E-state index contributed by atoms with van der Waals surface area (Å²) in [7, 11) is 3.80. The van der Waals surface area contributed by atoms with Crippen LogP contribution in [-0.2, 0) is 5.41 Å². The molecule has 3 rings (SSSR count). The van der Waals surface area contributed by atoms with E-state index in [1.54, 1.807) is 6.07 Å². The van der Waals surface area contributed by atoms with Crippen LogP contribution in [0.15, 0.2) is 42.5 Å². The molecule has 2 aromatic carbocycles. The topological polar surface area (TPSA) is 61.4 Å². The van der Waals surface area contributed by atoms with Gasteiger partial charge in [-0.3, -0.25) is 9.59 Å². The minimum Gasteiger partial charge on any atom is -0.377 e. The van der Waals surface area contributed by atoms with E-state index in [4.69, 9.17) is 0 Å². The average Bonchev–Trinajstić information content (AvgIpc) is 3.44. The molecule has 0 saturated heterocycles. The minimum atomic E-state index is -0.188. The molecule has 28 heavy (non-hydrogen) atoms. The second-order valence-electron chi connectivity index (χ2n) is 8.66. The van der Waals surface area contributed by atoms with Crippen molar-refractivity contribution < 1.29 is 9.59 Å². The summed E-state index contributed by atoms with van der Waals surface area (Å²) in [4.78, 5) is 27.2. The molecule has 1 aliphatic carbocycles. The van der Waals surface area contributed by atoms with Crippen LogP contribution in [0.25, 0.3) is 0 Å². The molecular weight excluding hydrogens is 350 g/mol. The Bertz CT molecular complexity index is 876. The molecule has 2 N–H and O–H groups in total. The molecule has 1 aliphatic rings. The first-order chi connectivity index (χ1) is 13.1. The number of nitrogens with one attached hydrogen (secondary N) is 2. The first kappa shape index (κ1) is 19.9. The first-order valence-electron chi connectivity index (χ1n) is 9.69. The summed E-state index contributed by atoms with van der Waals surface area (Å²) in [5, 5.41) is 5.93. The number of carbonyl (C=O) groups excluding carboxylic acids is 2. The van der Waals surface area contributed by atoms with Crippen molar-refractivity contribution in [2.45, 2.75) is 45.1 Å². The van der Waals surface area contributed by atoms with Gasteiger partial charge in [-0.1, -0.05) is 32.9 Å². The van der Waals surface area contributed by atoms with E-state index in [1.165, 1.54) is 5.56 Å². The fourth-order valence-electron chi connectivity index (χ4n) is 3.00. The summed E-state index contributed by atoms with van der Waals surface area (Å²) in [5.74, 6) is -0.288. The van der Waals surface area contributed by atoms with Gasteiger partial charge < -0.3 is 15.5 Å². The molecule has 1 saturated carbocycles. The van der Waals surface area contributed by atoms with Gasteiger partial charge in [0.05, 0.1) is 5.56 Å². The maximum Gasteiger partial charge on any atom is 0.255 e. The number of nitrogens with zero attached hydrogens (tertiary/aromatic N) is 1. The Labute approximate surface area is 167 Å². The highest BCUT2D eigenvalue weighted by atomic mass is 16.2. The number of carbonyl (C=O) groups is 2. The van der Waals surface area contributed by atoms with Crippen molar-refractivity contribution in [3.63, 3.8) is 0 Å². The Morgan fingerprint density at radius 1 is 0.964 bits per heavy atom. The van der Waals surface area contributed by atoms with Crippen molar-refractivity contribution in [3.8, 4) is 0 Å². The van der Waals surface area contributed by atoms with Crippen LogP contribution in [0.5, 0.6) is 0 Å². The summed E-state index contributed by atoms with van der Waals surface area (Å²) in [6, 6.07) is 13.4. The fraction of sp³-hybridized carbons (Fsp3) is 0.391. The van der Waals surface area contributed by atoms with Gasteiger partial charge in [0, 0.05) is 37.1 Å². The van der Waals surface area contributed by atoms with Gasteiger partial charge in [0.1, 0.15) is 0 Å². The maximum atomic E-state index is 12.6. The maximum absolute atomic E-state index is 12.6. The molecule has 148 valence electrons. The van der Waals surface area contributed by atoms with E-state index in [-0.39, 0.29) is 23.3 Å². The number of rotatable bonds is 5. The highest BCUT2D eigenvalue weighted by molar-refractivity contribution is 6.06. The van der Waals surface area contributed by atoms with Crippen LogP contribution in [-0.4, -0.2) is 32.0 Å². The lowest BCUT2D eigenvalue weighted by Gasteiger charge is -2.19. The molecule has 5 nitrogen and oxygen atoms in total. The highest BCUT2D eigenvalue weighted by Crippen LogP contribution is 2.26. The van der Waals surface area contributed by atoms with E-state index in [0.717, 1.165) is 18.5 Å². The fourth-order valence-corrected chi connectivity index (χ4v) is 3.00. The van der Waals surface area contributed by atoms with Crippen LogP contribution >= 0.6 is 0 Å². The zero-order valence-corrected chi connectivity index (χ0v) is 17.3. The number of benzene rings is 2. The van der Waals surface area contributed by atoms with E-state index in [9.17, 15) is 9.59 Å². The molecule has 0 atom stereocenters. The lowest BCUT2D eigenvalue weighted by atomic mass is 9.87. The average molecular weight is 380 g/mol. The van der Waals surface area contributed by atoms with E-state index < -0.39 is 0 Å². The first-order valence-corrected chi connectivity index (χ1v) is 9.69. The van der Waals surface area contributed by atoms with Crippen LogP contribution in [0.2, 0.25) is 0 Å². The zero-order valence-electron chi connectivity index (χ0n) is 17.3. The SMILES string of the molecule is CN(C)c1ccc(NC(=O)c2ccc(C(C)(C)C)cc2)cc1C(=O)NC1CC1. The minimum absolute atomic E-state index is 0.0425. The second-order valence-corrected chi connectivity index (χ2v) is 8.66. The van der Waals surface area contributed by atoms with Crippen molar-refractivity contribution in [2.75, 3.05) is 24.3 Å². The Hall–Kier alpha value is -2.82. The van der Waals surface area contributed by atoms with Crippen molar-refractivity contribution in [1.29, 1.82) is 0 Å². The van der Waals surface area contributed by atoms with Gasteiger partial charge in [-0.05, 0) is 54.2 Å². The molecule has 0 spiro atoms. The quantitative estimate of drug-likeness (QED) is 0.819. The molecule has 1 fully saturated rings. The van der Waals surface area contributed by atoms with Crippen molar-refractivity contribution in [1.82, 2.24) is 5.32 Å². The molecule has 0 bridgehead atoms. The molecule has 0 aliphatic heterocycles. The molecule has 2 amide bonds. The summed E-state index contributed by atoms with van der Waals surface area (Å²) < 4.78 is 0. The van der Waals surface area contributed by atoms with E-state index >= 15 is 0 Å². The van der Waals surface area contributed by atoms with Crippen LogP contribution in [0, 0.1) is 0 Å². The normalized spacial score (nSPS) is 13.8. The van der Waals surface area contributed by atoms with Crippen LogP contribution in [0.3, 0.4) is 0 Å². The van der Waals surface area contributed by atoms with Gasteiger partial charge in [-0.15, -0.1) is 0 Å². The third-order valence-corrected chi connectivity index (χ3v) is 4.91. The molecule has 0 unspecified atom stereocenters.